The van der Waals surface area contributed by atoms with Gasteiger partial charge in [0.05, 0.1) is 23.6 Å². The fourth-order valence-corrected chi connectivity index (χ4v) is 4.82. The second-order valence-corrected chi connectivity index (χ2v) is 8.15. The summed E-state index contributed by atoms with van der Waals surface area (Å²) in [7, 11) is 0. The molecule has 0 bridgehead atoms. The lowest BCUT2D eigenvalue weighted by molar-refractivity contribution is 0.0560. The molecular weight excluding hydrogens is 364 g/mol. The van der Waals surface area contributed by atoms with Crippen molar-refractivity contribution >= 4 is 11.7 Å². The third-order valence-electron chi connectivity index (χ3n) is 6.26. The predicted molar refractivity (Wildman–Crippen MR) is 112 cm³/mol. The van der Waals surface area contributed by atoms with Crippen LogP contribution < -0.4 is 4.74 Å². The van der Waals surface area contributed by atoms with Gasteiger partial charge in [-0.05, 0) is 44.5 Å². The maximum Gasteiger partial charge on any atom is 0.254 e. The maximum atomic E-state index is 13.5. The molecular formula is C24H28N2O3. The Labute approximate surface area is 172 Å². The average molecular weight is 392 g/mol. The van der Waals surface area contributed by atoms with Gasteiger partial charge in [-0.15, -0.1) is 0 Å². The number of hydrogen-bond acceptors (Lipinski definition) is 4. The molecule has 5 nitrogen and oxygen atoms in total. The monoisotopic (exact) mass is 392 g/mol. The third kappa shape index (κ3) is 3.33. The first kappa shape index (κ1) is 19.6. The van der Waals surface area contributed by atoms with Crippen LogP contribution in [0.15, 0.2) is 48.5 Å². The molecule has 0 spiro atoms. The zero-order valence-corrected chi connectivity index (χ0v) is 17.4. The van der Waals surface area contributed by atoms with Crippen LogP contribution >= 0.6 is 0 Å². The van der Waals surface area contributed by atoms with E-state index in [0.29, 0.717) is 37.4 Å². The molecule has 2 aliphatic heterocycles. The molecule has 2 aliphatic rings. The van der Waals surface area contributed by atoms with Crippen molar-refractivity contribution in [2.24, 2.45) is 5.41 Å². The van der Waals surface area contributed by atoms with Crippen molar-refractivity contribution in [3.05, 3.63) is 65.2 Å². The number of nitrogens with zero attached hydrogens (tertiary/aromatic N) is 2. The van der Waals surface area contributed by atoms with E-state index < -0.39 is 5.41 Å². The Hall–Kier alpha value is -2.66. The van der Waals surface area contributed by atoms with Gasteiger partial charge in [-0.3, -0.25) is 14.5 Å². The lowest BCUT2D eigenvalue weighted by Gasteiger charge is -2.34. The zero-order chi connectivity index (χ0) is 20.6. The fraction of sp³-hybridized carbons (Fsp3) is 0.417. The van der Waals surface area contributed by atoms with Gasteiger partial charge in [-0.25, -0.2) is 0 Å². The van der Waals surface area contributed by atoms with E-state index in [9.17, 15) is 9.59 Å². The van der Waals surface area contributed by atoms with E-state index in [1.165, 1.54) is 5.56 Å². The number of carbonyl (C=O) groups is 2. The molecule has 0 N–H and O–H groups in total. The van der Waals surface area contributed by atoms with Crippen LogP contribution in [0, 0.1) is 5.41 Å². The molecule has 1 saturated heterocycles. The normalized spacial score (nSPS) is 24.2. The first-order valence-electron chi connectivity index (χ1n) is 10.4. The number of Topliss-reactive ketones (excluding diaryl/α,β-unsaturated/α-hetero) is 1. The van der Waals surface area contributed by atoms with Crippen molar-refractivity contribution in [3.8, 4) is 5.75 Å². The van der Waals surface area contributed by atoms with E-state index in [-0.39, 0.29) is 17.7 Å². The summed E-state index contributed by atoms with van der Waals surface area (Å²) in [5.41, 5.74) is 1.66. The first-order chi connectivity index (χ1) is 14.0. The minimum atomic E-state index is -0.608. The summed E-state index contributed by atoms with van der Waals surface area (Å²) < 4.78 is 5.52. The summed E-state index contributed by atoms with van der Waals surface area (Å²) >= 11 is 0. The van der Waals surface area contributed by atoms with Crippen molar-refractivity contribution < 1.29 is 14.3 Å². The number of hydrogen-bond donors (Lipinski definition) is 0. The number of amides is 1. The van der Waals surface area contributed by atoms with Gasteiger partial charge in [0.1, 0.15) is 5.75 Å². The van der Waals surface area contributed by atoms with E-state index in [4.69, 9.17) is 4.74 Å². The molecule has 0 aliphatic carbocycles. The van der Waals surface area contributed by atoms with Crippen LogP contribution in [0.2, 0.25) is 0 Å². The number of carbonyl (C=O) groups excluding carboxylic acids is 2. The van der Waals surface area contributed by atoms with E-state index in [1.54, 1.807) is 12.1 Å². The lowest BCUT2D eigenvalue weighted by atomic mass is 9.78. The number of rotatable bonds is 5. The van der Waals surface area contributed by atoms with Gasteiger partial charge in [-0.1, -0.05) is 30.3 Å². The van der Waals surface area contributed by atoms with Crippen LogP contribution in [-0.4, -0.2) is 53.8 Å². The molecule has 0 aromatic heterocycles. The Morgan fingerprint density at radius 2 is 1.72 bits per heavy atom. The Morgan fingerprint density at radius 1 is 1.03 bits per heavy atom. The summed E-state index contributed by atoms with van der Waals surface area (Å²) in [4.78, 5) is 30.9. The van der Waals surface area contributed by atoms with E-state index in [0.717, 1.165) is 12.3 Å². The van der Waals surface area contributed by atoms with Crippen LogP contribution in [0.25, 0.3) is 0 Å². The van der Waals surface area contributed by atoms with Crippen LogP contribution in [0.1, 0.15) is 47.1 Å². The minimum Gasteiger partial charge on any atom is -0.494 e. The second kappa shape index (κ2) is 7.64. The van der Waals surface area contributed by atoms with E-state index in [2.05, 4.69) is 17.0 Å². The average Bonchev–Trinajstić information content (AvgIpc) is 3.04. The molecule has 152 valence electrons. The molecule has 4 rings (SSSR count). The van der Waals surface area contributed by atoms with Gasteiger partial charge in [0, 0.05) is 31.7 Å². The first-order valence-corrected chi connectivity index (χ1v) is 10.4. The van der Waals surface area contributed by atoms with Crippen LogP contribution in [-0.2, 0) is 6.54 Å². The molecule has 0 radical (unpaired) electrons. The van der Waals surface area contributed by atoms with Crippen molar-refractivity contribution in [2.75, 3.05) is 26.2 Å². The fourth-order valence-electron chi connectivity index (χ4n) is 4.82. The second-order valence-electron chi connectivity index (χ2n) is 8.15. The van der Waals surface area contributed by atoms with Crippen molar-refractivity contribution in [2.45, 2.75) is 33.4 Å². The van der Waals surface area contributed by atoms with E-state index >= 15 is 0 Å². The Kier molecular flexibility index (Phi) is 5.17. The molecule has 5 heteroatoms. The smallest absolute Gasteiger partial charge is 0.254 e. The molecule has 2 aromatic carbocycles. The van der Waals surface area contributed by atoms with Crippen molar-refractivity contribution in [3.63, 3.8) is 0 Å². The summed E-state index contributed by atoms with van der Waals surface area (Å²) in [5.74, 6) is 0.911. The molecule has 2 aromatic rings. The highest BCUT2D eigenvalue weighted by molar-refractivity contribution is 6.12. The minimum absolute atomic E-state index is 0.0342. The van der Waals surface area contributed by atoms with Crippen LogP contribution in [0.4, 0.5) is 0 Å². The molecule has 1 amide bonds. The number of likely N-dealkylation sites (tertiary alicyclic amines) is 1. The Bertz CT molecular complexity index is 924. The molecule has 2 atom stereocenters. The predicted octanol–water partition coefficient (Wildman–Crippen LogP) is 3.63. The molecule has 0 unspecified atom stereocenters. The quantitative estimate of drug-likeness (QED) is 0.780. The van der Waals surface area contributed by atoms with Gasteiger partial charge in [0.25, 0.3) is 5.91 Å². The SMILES string of the molecule is CCOc1ccc(CN2C[C@H]3N(CC)C(=O)c4ccccc4C(=O)[C@@]3(C)C2)cc1. The number of fused-ring (bicyclic) bond motifs is 2. The van der Waals surface area contributed by atoms with Gasteiger partial charge in [0.15, 0.2) is 5.78 Å². The summed E-state index contributed by atoms with van der Waals surface area (Å²) in [6, 6.07) is 15.2. The highest BCUT2D eigenvalue weighted by Gasteiger charge is 2.54. The highest BCUT2D eigenvalue weighted by atomic mass is 16.5. The molecule has 1 fully saturated rings. The zero-order valence-electron chi connectivity index (χ0n) is 17.4. The summed E-state index contributed by atoms with van der Waals surface area (Å²) in [6.45, 7) is 9.32. The van der Waals surface area contributed by atoms with Crippen LogP contribution in [0.3, 0.4) is 0 Å². The molecule has 29 heavy (non-hydrogen) atoms. The maximum absolute atomic E-state index is 13.5. The topological polar surface area (TPSA) is 49.9 Å². The van der Waals surface area contributed by atoms with Crippen molar-refractivity contribution in [1.29, 1.82) is 0 Å². The highest BCUT2D eigenvalue weighted by Crippen LogP contribution is 2.41. The van der Waals surface area contributed by atoms with E-state index in [1.807, 2.05) is 49.9 Å². The lowest BCUT2D eigenvalue weighted by Crippen LogP contribution is -2.49. The van der Waals surface area contributed by atoms with Gasteiger partial charge < -0.3 is 9.64 Å². The van der Waals surface area contributed by atoms with Gasteiger partial charge in [0.2, 0.25) is 0 Å². The Morgan fingerprint density at radius 3 is 2.38 bits per heavy atom. The summed E-state index contributed by atoms with van der Waals surface area (Å²) in [6.07, 6.45) is 0. The number of benzene rings is 2. The standard InChI is InChI=1S/C24H28N2O3/c1-4-26-21-15-25(14-17-10-12-18(13-11-17)29-5-2)16-24(21,3)22(27)19-8-6-7-9-20(19)23(26)28/h6-13,21H,4-5,14-16H2,1-3H3/t21-,24+/m1/s1. The number of ketones is 1. The molecule has 0 saturated carbocycles. The van der Waals surface area contributed by atoms with Gasteiger partial charge in [-0.2, -0.15) is 0 Å². The van der Waals surface area contributed by atoms with Gasteiger partial charge >= 0.3 is 0 Å². The number of ether oxygens (including phenoxy) is 1. The van der Waals surface area contributed by atoms with Crippen molar-refractivity contribution in [1.82, 2.24) is 9.80 Å². The Balaban J connectivity index is 1.62. The van der Waals surface area contributed by atoms with Crippen LogP contribution in [0.5, 0.6) is 5.75 Å². The largest absolute Gasteiger partial charge is 0.494 e. The summed E-state index contributed by atoms with van der Waals surface area (Å²) in [5, 5.41) is 0. The third-order valence-corrected chi connectivity index (χ3v) is 6.26. The molecule has 2 heterocycles. The number of likely N-dealkylation sites (N-methyl/N-ethyl adjacent to an activating group) is 1.